The molecular weight excluding hydrogens is 385 g/mol. The first-order valence-corrected chi connectivity index (χ1v) is 10.0. The summed E-state index contributed by atoms with van der Waals surface area (Å²) >= 11 is 15.2. The quantitative estimate of drug-likeness (QED) is 0.598. The number of thioether (sulfide) groups is 1. The molecule has 1 atom stereocenters. The van der Waals surface area contributed by atoms with Gasteiger partial charge in [0.25, 0.3) is 0 Å². The normalized spacial score (nSPS) is 13.1. The molecule has 0 fully saturated rings. The first kappa shape index (κ1) is 17.9. The number of halogens is 2. The Kier molecular flexibility index (Phi) is 5.66. The fraction of sp³-hybridized carbons (Fsp3) is 0.400. The number of benzene rings is 1. The van der Waals surface area contributed by atoms with Crippen LogP contribution in [0.5, 0.6) is 0 Å². The van der Waals surface area contributed by atoms with Crippen molar-refractivity contribution in [3.05, 3.63) is 39.6 Å². The first-order valence-electron chi connectivity index (χ1n) is 7.48. The topological polar surface area (TPSA) is 69.1 Å². The Bertz CT molecular complexity index is 846. The van der Waals surface area contributed by atoms with E-state index < -0.39 is 0 Å². The predicted molar refractivity (Wildman–Crippen MR) is 101 cm³/mol. The Hall–Kier alpha value is -0.860. The number of fused-ring (bicyclic) bond motifs is 1. The summed E-state index contributed by atoms with van der Waals surface area (Å²) in [4.78, 5) is 0.758. The number of nitrogens with zero attached hydrogens (tertiary/aromatic N) is 4. The van der Waals surface area contributed by atoms with Crippen molar-refractivity contribution in [2.75, 3.05) is 0 Å². The molecule has 0 amide bonds. The van der Waals surface area contributed by atoms with E-state index in [1.54, 1.807) is 22.3 Å². The molecule has 2 heterocycles. The summed E-state index contributed by atoms with van der Waals surface area (Å²) in [6.07, 6.45) is 0.848. The number of nitrogens with two attached hydrogens (primary N) is 1. The van der Waals surface area contributed by atoms with Crippen LogP contribution in [0.2, 0.25) is 10.0 Å². The van der Waals surface area contributed by atoms with Crippen molar-refractivity contribution in [3.8, 4) is 0 Å². The van der Waals surface area contributed by atoms with E-state index >= 15 is 0 Å². The zero-order chi connectivity index (χ0) is 17.3. The fourth-order valence-electron chi connectivity index (χ4n) is 2.30. The molecule has 0 saturated carbocycles. The molecule has 0 saturated heterocycles. The van der Waals surface area contributed by atoms with Gasteiger partial charge in [0.1, 0.15) is 0 Å². The van der Waals surface area contributed by atoms with Crippen LogP contribution in [0.25, 0.3) is 4.96 Å². The molecule has 9 heteroatoms. The van der Waals surface area contributed by atoms with Crippen molar-refractivity contribution in [2.24, 2.45) is 11.7 Å². The van der Waals surface area contributed by atoms with Gasteiger partial charge < -0.3 is 5.73 Å². The Balaban J connectivity index is 1.75. The van der Waals surface area contributed by atoms with Gasteiger partial charge >= 0.3 is 0 Å². The van der Waals surface area contributed by atoms with Crippen LogP contribution >= 0.6 is 46.3 Å². The highest BCUT2D eigenvalue weighted by atomic mass is 35.5. The second-order valence-corrected chi connectivity index (χ2v) is 8.90. The van der Waals surface area contributed by atoms with Gasteiger partial charge in [0.2, 0.25) is 4.96 Å². The van der Waals surface area contributed by atoms with Gasteiger partial charge in [-0.1, -0.05) is 66.2 Å². The van der Waals surface area contributed by atoms with Crippen molar-refractivity contribution in [1.29, 1.82) is 0 Å². The van der Waals surface area contributed by atoms with Crippen molar-refractivity contribution in [1.82, 2.24) is 19.8 Å². The minimum Gasteiger partial charge on any atom is -0.321 e. The average molecular weight is 402 g/mol. The summed E-state index contributed by atoms with van der Waals surface area (Å²) in [7, 11) is 0. The monoisotopic (exact) mass is 401 g/mol. The van der Waals surface area contributed by atoms with Gasteiger partial charge in [0.05, 0.1) is 6.04 Å². The largest absolute Gasteiger partial charge is 0.321 e. The van der Waals surface area contributed by atoms with E-state index in [0.717, 1.165) is 21.3 Å². The third kappa shape index (κ3) is 4.03. The molecule has 0 aliphatic heterocycles. The predicted octanol–water partition coefficient (Wildman–Crippen LogP) is 4.83. The summed E-state index contributed by atoms with van der Waals surface area (Å²) in [6.45, 7) is 4.27. The van der Waals surface area contributed by atoms with E-state index in [9.17, 15) is 0 Å². The molecule has 5 nitrogen and oxygen atoms in total. The average Bonchev–Trinajstić information content (AvgIpc) is 3.05. The lowest BCUT2D eigenvalue weighted by molar-refractivity contribution is 0.485. The van der Waals surface area contributed by atoms with E-state index in [0.29, 0.717) is 27.5 Å². The van der Waals surface area contributed by atoms with Crippen LogP contribution in [-0.4, -0.2) is 19.8 Å². The van der Waals surface area contributed by atoms with Crippen LogP contribution in [0, 0.1) is 5.92 Å². The van der Waals surface area contributed by atoms with Gasteiger partial charge in [-0.2, -0.15) is 4.52 Å². The van der Waals surface area contributed by atoms with Crippen molar-refractivity contribution in [2.45, 2.75) is 36.4 Å². The Morgan fingerprint density at radius 1 is 1.29 bits per heavy atom. The van der Waals surface area contributed by atoms with Crippen molar-refractivity contribution in [3.63, 3.8) is 0 Å². The molecule has 2 aromatic heterocycles. The highest BCUT2D eigenvalue weighted by Crippen LogP contribution is 2.31. The van der Waals surface area contributed by atoms with E-state index in [1.165, 1.54) is 11.3 Å². The molecule has 0 aliphatic carbocycles. The Morgan fingerprint density at radius 3 is 2.79 bits per heavy atom. The third-order valence-electron chi connectivity index (χ3n) is 3.42. The second kappa shape index (κ2) is 7.58. The molecule has 0 spiro atoms. The number of aromatic nitrogens is 4. The maximum absolute atomic E-state index is 6.22. The lowest BCUT2D eigenvalue weighted by Crippen LogP contribution is -2.16. The van der Waals surface area contributed by atoms with Crippen LogP contribution in [0.15, 0.2) is 22.5 Å². The molecule has 3 rings (SSSR count). The number of hydrogen-bond acceptors (Lipinski definition) is 6. The molecule has 3 aromatic rings. The van der Waals surface area contributed by atoms with Crippen molar-refractivity contribution < 1.29 is 0 Å². The van der Waals surface area contributed by atoms with Gasteiger partial charge in [-0.25, -0.2) is 0 Å². The molecule has 2 N–H and O–H groups in total. The Labute approximate surface area is 158 Å². The van der Waals surface area contributed by atoms with Crippen LogP contribution in [-0.2, 0) is 5.75 Å². The zero-order valence-electron chi connectivity index (χ0n) is 13.2. The molecule has 128 valence electrons. The van der Waals surface area contributed by atoms with E-state index in [2.05, 4.69) is 29.1 Å². The van der Waals surface area contributed by atoms with E-state index in [-0.39, 0.29) is 6.04 Å². The highest BCUT2D eigenvalue weighted by molar-refractivity contribution is 8.00. The van der Waals surface area contributed by atoms with E-state index in [1.807, 2.05) is 12.1 Å². The lowest BCUT2D eigenvalue weighted by Gasteiger charge is -2.10. The molecule has 0 aliphatic rings. The summed E-state index contributed by atoms with van der Waals surface area (Å²) in [5.41, 5.74) is 7.24. The maximum atomic E-state index is 6.22. The van der Waals surface area contributed by atoms with Crippen LogP contribution in [0.4, 0.5) is 0 Å². The molecule has 0 radical (unpaired) electrons. The van der Waals surface area contributed by atoms with Gasteiger partial charge in [-0.3, -0.25) is 0 Å². The second-order valence-electron chi connectivity index (χ2n) is 5.88. The van der Waals surface area contributed by atoms with Crippen LogP contribution in [0.1, 0.15) is 37.7 Å². The first-order chi connectivity index (χ1) is 11.4. The van der Waals surface area contributed by atoms with Crippen molar-refractivity contribution >= 4 is 51.3 Å². The van der Waals surface area contributed by atoms with Crippen LogP contribution < -0.4 is 5.73 Å². The minimum atomic E-state index is -0.161. The van der Waals surface area contributed by atoms with Gasteiger partial charge in [-0.15, -0.1) is 15.3 Å². The number of hydrogen-bond donors (Lipinski definition) is 1. The van der Waals surface area contributed by atoms with Crippen LogP contribution in [0.3, 0.4) is 0 Å². The third-order valence-corrected chi connectivity index (χ3v) is 6.09. The number of rotatable bonds is 6. The highest BCUT2D eigenvalue weighted by Gasteiger charge is 2.19. The maximum Gasteiger partial charge on any atom is 0.235 e. The summed E-state index contributed by atoms with van der Waals surface area (Å²) in [5.74, 6) is 1.92. The Morgan fingerprint density at radius 2 is 2.08 bits per heavy atom. The molecule has 1 aromatic carbocycles. The summed E-state index contributed by atoms with van der Waals surface area (Å²) < 4.78 is 2.66. The molecule has 0 unspecified atom stereocenters. The standard InChI is InChI=1S/C15H17Cl2N5S2/c1-8(2)5-12(18)13-19-20-14-22(13)21-15(24-14)23-7-9-3-4-10(16)6-11(9)17/h3-4,6,8,12H,5,7,18H2,1-2H3/t12-/m0/s1. The van der Waals surface area contributed by atoms with Gasteiger partial charge in [-0.05, 0) is 30.0 Å². The summed E-state index contributed by atoms with van der Waals surface area (Å²) in [5, 5.41) is 14.3. The fourth-order valence-corrected chi connectivity index (χ4v) is 4.74. The SMILES string of the molecule is CC(C)C[C@H](N)c1nnc2sc(SCc3ccc(Cl)cc3Cl)nn12. The zero-order valence-corrected chi connectivity index (χ0v) is 16.4. The van der Waals surface area contributed by atoms with Gasteiger partial charge in [0.15, 0.2) is 10.2 Å². The molecule has 0 bridgehead atoms. The molecule has 24 heavy (non-hydrogen) atoms. The lowest BCUT2D eigenvalue weighted by atomic mass is 10.0. The van der Waals surface area contributed by atoms with E-state index in [4.69, 9.17) is 28.9 Å². The molecular formula is C15H17Cl2N5S2. The van der Waals surface area contributed by atoms with Gasteiger partial charge in [0, 0.05) is 15.8 Å². The smallest absolute Gasteiger partial charge is 0.235 e. The minimum absolute atomic E-state index is 0.161. The summed E-state index contributed by atoms with van der Waals surface area (Å²) in [6, 6.07) is 5.36.